The van der Waals surface area contributed by atoms with Crippen LogP contribution < -0.4 is 0 Å². The van der Waals surface area contributed by atoms with Gasteiger partial charge in [0.05, 0.1) is 5.69 Å². The van der Waals surface area contributed by atoms with Gasteiger partial charge in [0.2, 0.25) is 0 Å². The Bertz CT molecular complexity index is 401. The summed E-state index contributed by atoms with van der Waals surface area (Å²) in [6.07, 6.45) is 10.5. The van der Waals surface area contributed by atoms with Gasteiger partial charge in [-0.25, -0.2) is 9.97 Å². The fourth-order valence-electron chi connectivity index (χ4n) is 4.04. The SMILES string of the molecule is CC1c2ncncc2CC2(C)CCCCC12. The molecule has 0 spiro atoms. The van der Waals surface area contributed by atoms with Crippen molar-refractivity contribution >= 4 is 0 Å². The summed E-state index contributed by atoms with van der Waals surface area (Å²) >= 11 is 0. The molecule has 1 aromatic heterocycles. The van der Waals surface area contributed by atoms with Gasteiger partial charge in [-0.3, -0.25) is 0 Å². The lowest BCUT2D eigenvalue weighted by Crippen LogP contribution is -2.40. The Hall–Kier alpha value is -0.920. The van der Waals surface area contributed by atoms with Crippen LogP contribution in [0.4, 0.5) is 0 Å². The molecule has 2 nitrogen and oxygen atoms in total. The van der Waals surface area contributed by atoms with Crippen molar-refractivity contribution in [1.29, 1.82) is 0 Å². The summed E-state index contributed by atoms with van der Waals surface area (Å²) in [6, 6.07) is 0. The first-order chi connectivity index (χ1) is 7.71. The Morgan fingerprint density at radius 3 is 3.12 bits per heavy atom. The van der Waals surface area contributed by atoms with Crippen molar-refractivity contribution < 1.29 is 0 Å². The second-order valence-electron chi connectivity index (χ2n) is 5.90. The maximum absolute atomic E-state index is 4.51. The minimum absolute atomic E-state index is 0.509. The largest absolute Gasteiger partial charge is 0.245 e. The Kier molecular flexibility index (Phi) is 2.27. The number of rotatable bonds is 0. The molecule has 2 aliphatic carbocycles. The van der Waals surface area contributed by atoms with Gasteiger partial charge in [0.15, 0.2) is 0 Å². The van der Waals surface area contributed by atoms with Crippen molar-refractivity contribution in [3.63, 3.8) is 0 Å². The summed E-state index contributed by atoms with van der Waals surface area (Å²) in [5.74, 6) is 1.46. The zero-order valence-electron chi connectivity index (χ0n) is 10.2. The van der Waals surface area contributed by atoms with Crippen molar-refractivity contribution in [1.82, 2.24) is 9.97 Å². The number of hydrogen-bond donors (Lipinski definition) is 0. The molecule has 86 valence electrons. The van der Waals surface area contributed by atoms with E-state index in [9.17, 15) is 0 Å². The van der Waals surface area contributed by atoms with E-state index in [1.165, 1.54) is 43.4 Å². The second-order valence-corrected chi connectivity index (χ2v) is 5.90. The van der Waals surface area contributed by atoms with Gasteiger partial charge in [0.1, 0.15) is 6.33 Å². The smallest absolute Gasteiger partial charge is 0.115 e. The number of aromatic nitrogens is 2. The van der Waals surface area contributed by atoms with Crippen LogP contribution in [-0.2, 0) is 6.42 Å². The number of fused-ring (bicyclic) bond motifs is 2. The van der Waals surface area contributed by atoms with E-state index >= 15 is 0 Å². The van der Waals surface area contributed by atoms with E-state index in [2.05, 4.69) is 23.8 Å². The van der Waals surface area contributed by atoms with E-state index < -0.39 is 0 Å². The van der Waals surface area contributed by atoms with Crippen molar-refractivity contribution in [3.05, 3.63) is 23.8 Å². The van der Waals surface area contributed by atoms with Crippen molar-refractivity contribution in [2.75, 3.05) is 0 Å². The molecule has 0 aliphatic heterocycles. The highest BCUT2D eigenvalue weighted by molar-refractivity contribution is 5.27. The molecule has 0 amide bonds. The van der Waals surface area contributed by atoms with Gasteiger partial charge in [0.25, 0.3) is 0 Å². The molecule has 2 heteroatoms. The molecular formula is C14H20N2. The average molecular weight is 216 g/mol. The van der Waals surface area contributed by atoms with Gasteiger partial charge in [-0.15, -0.1) is 0 Å². The summed E-state index contributed by atoms with van der Waals surface area (Å²) in [6.45, 7) is 4.84. The van der Waals surface area contributed by atoms with Crippen molar-refractivity contribution in [2.24, 2.45) is 11.3 Å². The molecule has 1 saturated carbocycles. The van der Waals surface area contributed by atoms with Crippen LogP contribution in [-0.4, -0.2) is 9.97 Å². The summed E-state index contributed by atoms with van der Waals surface area (Å²) in [7, 11) is 0. The van der Waals surface area contributed by atoms with E-state index in [0.717, 1.165) is 5.92 Å². The van der Waals surface area contributed by atoms with Gasteiger partial charge in [0, 0.05) is 12.1 Å². The zero-order chi connectivity index (χ0) is 11.2. The molecule has 1 heterocycles. The zero-order valence-corrected chi connectivity index (χ0v) is 10.2. The molecule has 2 aliphatic rings. The third kappa shape index (κ3) is 1.39. The highest BCUT2D eigenvalue weighted by Gasteiger charge is 2.44. The average Bonchev–Trinajstić information content (AvgIpc) is 2.28. The molecule has 16 heavy (non-hydrogen) atoms. The van der Waals surface area contributed by atoms with Crippen molar-refractivity contribution in [2.45, 2.75) is 51.9 Å². The molecule has 0 radical (unpaired) electrons. The Balaban J connectivity index is 2.05. The third-order valence-electron chi connectivity index (χ3n) is 4.86. The lowest BCUT2D eigenvalue weighted by Gasteiger charge is -2.48. The highest BCUT2D eigenvalue weighted by Crippen LogP contribution is 2.53. The minimum atomic E-state index is 0.509. The molecule has 0 aromatic carbocycles. The Morgan fingerprint density at radius 2 is 2.25 bits per heavy atom. The summed E-state index contributed by atoms with van der Waals surface area (Å²) in [5, 5.41) is 0. The molecule has 3 atom stereocenters. The summed E-state index contributed by atoms with van der Waals surface area (Å²) < 4.78 is 0. The molecule has 1 aromatic rings. The third-order valence-corrected chi connectivity index (χ3v) is 4.86. The summed E-state index contributed by atoms with van der Waals surface area (Å²) in [4.78, 5) is 8.70. The number of hydrogen-bond acceptors (Lipinski definition) is 2. The van der Waals surface area contributed by atoms with Crippen LogP contribution in [0.5, 0.6) is 0 Å². The molecule has 3 unspecified atom stereocenters. The van der Waals surface area contributed by atoms with Crippen LogP contribution in [0.15, 0.2) is 12.5 Å². The topological polar surface area (TPSA) is 25.8 Å². The van der Waals surface area contributed by atoms with Gasteiger partial charge in [-0.05, 0) is 36.2 Å². The van der Waals surface area contributed by atoms with Gasteiger partial charge >= 0.3 is 0 Å². The summed E-state index contributed by atoms with van der Waals surface area (Å²) in [5.41, 5.74) is 3.23. The van der Waals surface area contributed by atoms with Crippen LogP contribution in [0.2, 0.25) is 0 Å². The Labute approximate surface area is 97.5 Å². The quantitative estimate of drug-likeness (QED) is 0.664. The maximum Gasteiger partial charge on any atom is 0.115 e. The predicted octanol–water partition coefficient (Wildman–Crippen LogP) is 3.33. The second kappa shape index (κ2) is 3.54. The fraction of sp³-hybridized carbons (Fsp3) is 0.714. The first kappa shape index (κ1) is 10.2. The maximum atomic E-state index is 4.51. The van der Waals surface area contributed by atoms with Crippen molar-refractivity contribution in [3.8, 4) is 0 Å². The predicted molar refractivity (Wildman–Crippen MR) is 64.2 cm³/mol. The molecular weight excluding hydrogens is 196 g/mol. The van der Waals surface area contributed by atoms with Crippen LogP contribution in [0.25, 0.3) is 0 Å². The van der Waals surface area contributed by atoms with Gasteiger partial charge in [-0.2, -0.15) is 0 Å². The van der Waals surface area contributed by atoms with E-state index in [4.69, 9.17) is 0 Å². The van der Waals surface area contributed by atoms with Crippen LogP contribution in [0, 0.1) is 11.3 Å². The van der Waals surface area contributed by atoms with E-state index in [1.54, 1.807) is 6.33 Å². The minimum Gasteiger partial charge on any atom is -0.245 e. The van der Waals surface area contributed by atoms with Crippen LogP contribution in [0.1, 0.15) is 56.7 Å². The van der Waals surface area contributed by atoms with E-state index in [1.807, 2.05) is 6.20 Å². The first-order valence-corrected chi connectivity index (χ1v) is 6.49. The Morgan fingerprint density at radius 1 is 1.38 bits per heavy atom. The lowest BCUT2D eigenvalue weighted by molar-refractivity contribution is 0.0808. The van der Waals surface area contributed by atoms with Crippen LogP contribution >= 0.6 is 0 Å². The first-order valence-electron chi connectivity index (χ1n) is 6.49. The van der Waals surface area contributed by atoms with E-state index in [0.29, 0.717) is 11.3 Å². The monoisotopic (exact) mass is 216 g/mol. The molecule has 0 saturated heterocycles. The fourth-order valence-corrected chi connectivity index (χ4v) is 4.04. The lowest BCUT2D eigenvalue weighted by atomic mass is 9.57. The van der Waals surface area contributed by atoms with Crippen LogP contribution in [0.3, 0.4) is 0 Å². The molecule has 0 bridgehead atoms. The molecule has 0 N–H and O–H groups in total. The number of nitrogens with zero attached hydrogens (tertiary/aromatic N) is 2. The highest BCUT2D eigenvalue weighted by atomic mass is 14.8. The normalized spacial score (nSPS) is 37.6. The van der Waals surface area contributed by atoms with Gasteiger partial charge in [-0.1, -0.05) is 26.7 Å². The molecule has 1 fully saturated rings. The van der Waals surface area contributed by atoms with Gasteiger partial charge < -0.3 is 0 Å². The standard InChI is InChI=1S/C14H20N2/c1-10-12-5-3-4-6-14(12,2)7-11-8-15-9-16-13(10)11/h8-10,12H,3-7H2,1-2H3. The molecule has 3 rings (SSSR count). The van der Waals surface area contributed by atoms with E-state index in [-0.39, 0.29) is 0 Å².